The first-order chi connectivity index (χ1) is 14.4. The third-order valence-electron chi connectivity index (χ3n) is 4.68. The lowest BCUT2D eigenvalue weighted by atomic mass is 10.2. The van der Waals surface area contributed by atoms with Gasteiger partial charge in [0.05, 0.1) is 11.4 Å². The summed E-state index contributed by atoms with van der Waals surface area (Å²) >= 11 is 1.54. The summed E-state index contributed by atoms with van der Waals surface area (Å²) in [6.07, 6.45) is 1.71. The number of primary amides is 1. The van der Waals surface area contributed by atoms with Gasteiger partial charge in [-0.3, -0.25) is 9.59 Å². The highest BCUT2D eigenvalue weighted by molar-refractivity contribution is 8.00. The number of nitrogens with two attached hydrogens (primary N) is 1. The monoisotopic (exact) mass is 420 g/mol. The maximum Gasteiger partial charge on any atom is 0.248 e. The molecule has 0 aliphatic carbocycles. The van der Waals surface area contributed by atoms with E-state index in [1.165, 1.54) is 11.8 Å². The first kappa shape index (κ1) is 19.7. The molecule has 9 heteroatoms. The van der Waals surface area contributed by atoms with Gasteiger partial charge in [-0.1, -0.05) is 6.07 Å². The number of anilines is 5. The maximum absolute atomic E-state index is 12.0. The average Bonchev–Trinajstić information content (AvgIpc) is 2.74. The molecule has 4 rings (SSSR count). The number of benzene rings is 2. The first-order valence-electron chi connectivity index (χ1n) is 9.21. The van der Waals surface area contributed by atoms with Crippen molar-refractivity contribution in [2.75, 3.05) is 28.3 Å². The summed E-state index contributed by atoms with van der Waals surface area (Å²) in [5.41, 5.74) is 8.95. The molecule has 0 bridgehead atoms. The Balaban J connectivity index is 1.58. The predicted octanol–water partition coefficient (Wildman–Crippen LogP) is 3.44. The molecule has 4 N–H and O–H groups in total. The minimum Gasteiger partial charge on any atom is -0.366 e. The second-order valence-electron chi connectivity index (χ2n) is 6.84. The molecular weight excluding hydrogens is 400 g/mol. The number of fused-ring (bicyclic) bond motifs is 1. The van der Waals surface area contributed by atoms with Crippen molar-refractivity contribution in [2.45, 2.75) is 11.8 Å². The topological polar surface area (TPSA) is 113 Å². The van der Waals surface area contributed by atoms with E-state index in [2.05, 4.69) is 20.6 Å². The van der Waals surface area contributed by atoms with Crippen molar-refractivity contribution in [3.8, 4) is 0 Å². The van der Waals surface area contributed by atoms with Gasteiger partial charge in [-0.15, -0.1) is 11.8 Å². The molecule has 3 aromatic rings. The summed E-state index contributed by atoms with van der Waals surface area (Å²) in [4.78, 5) is 35.0. The smallest absolute Gasteiger partial charge is 0.248 e. The Hall–Kier alpha value is -3.59. The normalized spacial score (nSPS) is 13.0. The van der Waals surface area contributed by atoms with Crippen LogP contribution in [0.3, 0.4) is 0 Å². The van der Waals surface area contributed by atoms with Gasteiger partial charge in [0.25, 0.3) is 0 Å². The van der Waals surface area contributed by atoms with Crippen LogP contribution >= 0.6 is 11.8 Å². The molecule has 152 valence electrons. The molecule has 0 atom stereocenters. The molecule has 0 saturated carbocycles. The van der Waals surface area contributed by atoms with Crippen molar-refractivity contribution in [1.82, 2.24) is 9.97 Å². The number of hydrogen-bond acceptors (Lipinski definition) is 7. The quantitative estimate of drug-likeness (QED) is 0.579. The maximum atomic E-state index is 12.0. The van der Waals surface area contributed by atoms with Gasteiger partial charge in [0, 0.05) is 40.6 Å². The zero-order chi connectivity index (χ0) is 21.3. The fourth-order valence-corrected chi connectivity index (χ4v) is 3.98. The van der Waals surface area contributed by atoms with Crippen molar-refractivity contribution in [3.05, 3.63) is 59.8 Å². The summed E-state index contributed by atoms with van der Waals surface area (Å²) in [7, 11) is 1.78. The molecule has 1 aliphatic heterocycles. The van der Waals surface area contributed by atoms with Crippen LogP contribution in [0.4, 0.5) is 28.8 Å². The van der Waals surface area contributed by atoms with Crippen LogP contribution < -0.4 is 21.3 Å². The Morgan fingerprint density at radius 2 is 1.97 bits per heavy atom. The fourth-order valence-electron chi connectivity index (χ4n) is 2.99. The number of thioether (sulfide) groups is 1. The van der Waals surface area contributed by atoms with Gasteiger partial charge in [-0.05, 0) is 43.3 Å². The van der Waals surface area contributed by atoms with E-state index in [9.17, 15) is 9.59 Å². The zero-order valence-electron chi connectivity index (χ0n) is 16.5. The molecule has 1 aliphatic rings. The molecule has 8 nitrogen and oxygen atoms in total. The molecule has 1 aromatic heterocycles. The fraction of sp³-hybridized carbons (Fsp3) is 0.143. The van der Waals surface area contributed by atoms with Crippen LogP contribution in [0.2, 0.25) is 0 Å². The van der Waals surface area contributed by atoms with E-state index in [0.717, 1.165) is 21.8 Å². The van der Waals surface area contributed by atoms with E-state index in [4.69, 9.17) is 5.73 Å². The van der Waals surface area contributed by atoms with Gasteiger partial charge < -0.3 is 21.3 Å². The van der Waals surface area contributed by atoms with Crippen LogP contribution in [-0.4, -0.2) is 34.6 Å². The molecule has 2 aromatic carbocycles. The Kier molecular flexibility index (Phi) is 5.28. The molecule has 2 amide bonds. The van der Waals surface area contributed by atoms with Crippen molar-refractivity contribution < 1.29 is 9.59 Å². The van der Waals surface area contributed by atoms with E-state index in [1.807, 2.05) is 25.1 Å². The van der Waals surface area contributed by atoms with Crippen LogP contribution in [0, 0.1) is 6.92 Å². The number of carbonyl (C=O) groups excluding carboxylic acids is 2. The Bertz CT molecular complexity index is 1150. The van der Waals surface area contributed by atoms with E-state index in [0.29, 0.717) is 28.8 Å². The Morgan fingerprint density at radius 3 is 2.77 bits per heavy atom. The molecule has 0 fully saturated rings. The second-order valence-corrected chi connectivity index (χ2v) is 7.86. The van der Waals surface area contributed by atoms with Crippen LogP contribution in [0.25, 0.3) is 0 Å². The molecule has 2 heterocycles. The van der Waals surface area contributed by atoms with Gasteiger partial charge in [-0.25, -0.2) is 4.98 Å². The average molecular weight is 420 g/mol. The van der Waals surface area contributed by atoms with Crippen LogP contribution in [0.1, 0.15) is 15.9 Å². The van der Waals surface area contributed by atoms with Gasteiger partial charge in [0.2, 0.25) is 17.8 Å². The molecule has 0 radical (unpaired) electrons. The molecule has 0 saturated heterocycles. The number of rotatable bonds is 5. The Labute approximate surface area is 177 Å². The van der Waals surface area contributed by atoms with Gasteiger partial charge in [0.1, 0.15) is 5.82 Å². The largest absolute Gasteiger partial charge is 0.366 e. The van der Waals surface area contributed by atoms with Gasteiger partial charge >= 0.3 is 0 Å². The first-order valence-corrected chi connectivity index (χ1v) is 10.2. The minimum atomic E-state index is -0.500. The Morgan fingerprint density at radius 1 is 1.17 bits per heavy atom. The number of nitrogens with zero attached hydrogens (tertiary/aromatic N) is 3. The van der Waals surface area contributed by atoms with Crippen LogP contribution in [0.5, 0.6) is 0 Å². The van der Waals surface area contributed by atoms with Crippen molar-refractivity contribution in [3.63, 3.8) is 0 Å². The number of amides is 2. The van der Waals surface area contributed by atoms with Crippen LogP contribution in [0.15, 0.2) is 53.6 Å². The summed E-state index contributed by atoms with van der Waals surface area (Å²) in [6.45, 7) is 1.91. The van der Waals surface area contributed by atoms with Crippen molar-refractivity contribution >= 4 is 52.4 Å². The summed E-state index contributed by atoms with van der Waals surface area (Å²) in [5.74, 6) is 1.04. The number of hydrogen-bond donors (Lipinski definition) is 3. The summed E-state index contributed by atoms with van der Waals surface area (Å²) in [6, 6.07) is 12.7. The number of carbonyl (C=O) groups is 2. The number of aryl methyl sites for hydroxylation is 1. The third-order valence-corrected chi connectivity index (χ3v) is 5.73. The molecule has 30 heavy (non-hydrogen) atoms. The molecular formula is C21H20N6O2S. The van der Waals surface area contributed by atoms with E-state index < -0.39 is 5.91 Å². The molecule has 0 unspecified atom stereocenters. The number of aromatic nitrogens is 2. The highest BCUT2D eigenvalue weighted by Crippen LogP contribution is 2.37. The molecule has 0 spiro atoms. The highest BCUT2D eigenvalue weighted by Gasteiger charge is 2.21. The summed E-state index contributed by atoms with van der Waals surface area (Å²) in [5, 5.41) is 6.39. The van der Waals surface area contributed by atoms with E-state index in [-0.39, 0.29) is 5.91 Å². The van der Waals surface area contributed by atoms with Gasteiger partial charge in [-0.2, -0.15) is 4.98 Å². The van der Waals surface area contributed by atoms with E-state index >= 15 is 0 Å². The highest BCUT2D eigenvalue weighted by atomic mass is 32.2. The lowest BCUT2D eigenvalue weighted by Crippen LogP contribution is -2.31. The SMILES string of the molecule is Cc1cnc(Nc2cccc(C(N)=O)c2)nc1Nc1ccc2c(c1)N(C)C(=O)CS2. The van der Waals surface area contributed by atoms with E-state index in [1.54, 1.807) is 42.4 Å². The minimum absolute atomic E-state index is 0.0764. The predicted molar refractivity (Wildman–Crippen MR) is 119 cm³/mol. The van der Waals surface area contributed by atoms with Gasteiger partial charge in [0.15, 0.2) is 0 Å². The number of nitrogens with one attached hydrogen (secondary N) is 2. The second kappa shape index (κ2) is 8.03. The van der Waals surface area contributed by atoms with Crippen LogP contribution in [-0.2, 0) is 4.79 Å². The summed E-state index contributed by atoms with van der Waals surface area (Å²) < 4.78 is 0. The van der Waals surface area contributed by atoms with Crippen molar-refractivity contribution in [2.24, 2.45) is 5.73 Å². The third kappa shape index (κ3) is 4.06. The lowest BCUT2D eigenvalue weighted by molar-refractivity contribution is -0.116. The standard InChI is InChI=1S/C21H20N6O2S/c1-12-10-23-21(25-14-5-3-4-13(8-14)19(22)29)26-20(12)24-15-6-7-17-16(9-15)27(2)18(28)11-30-17/h3-10H,11H2,1-2H3,(H2,22,29)(H2,23,24,25,26). The zero-order valence-corrected chi connectivity index (χ0v) is 17.3. The van der Waals surface area contributed by atoms with Crippen molar-refractivity contribution in [1.29, 1.82) is 0 Å². The lowest BCUT2D eigenvalue weighted by Gasteiger charge is -2.25.